The third-order valence-corrected chi connectivity index (χ3v) is 2.67. The third-order valence-electron chi connectivity index (χ3n) is 2.67. The maximum Gasteiger partial charge on any atom is 0.339 e. The van der Waals surface area contributed by atoms with Crippen LogP contribution < -0.4 is 16.8 Å². The number of carbonyl (C=O) groups is 2. The Kier molecular flexibility index (Phi) is 4.11. The van der Waals surface area contributed by atoms with Crippen molar-refractivity contribution in [2.45, 2.75) is 6.42 Å². The highest BCUT2D eigenvalue weighted by molar-refractivity contribution is 6.03. The monoisotopic (exact) mass is 273 g/mol. The summed E-state index contributed by atoms with van der Waals surface area (Å²) in [5.74, 6) is -0.408. The fraction of sp³-hybridized carbons (Fsp3) is 0.154. The van der Waals surface area contributed by atoms with Crippen LogP contribution in [0.3, 0.4) is 0 Å². The molecule has 1 heterocycles. The summed E-state index contributed by atoms with van der Waals surface area (Å²) >= 11 is 0. The Labute approximate surface area is 115 Å². The van der Waals surface area contributed by atoms with Crippen molar-refractivity contribution in [3.05, 3.63) is 47.8 Å². The quantitative estimate of drug-likeness (QED) is 0.754. The first-order chi connectivity index (χ1) is 9.60. The van der Waals surface area contributed by atoms with Crippen LogP contribution in [0.5, 0.6) is 0 Å². The lowest BCUT2D eigenvalue weighted by atomic mass is 10.1. The highest BCUT2D eigenvalue weighted by atomic mass is 16.2. The van der Waals surface area contributed by atoms with Crippen LogP contribution in [0, 0.1) is 0 Å². The molecule has 7 nitrogen and oxygen atoms in total. The van der Waals surface area contributed by atoms with Crippen LogP contribution in [-0.4, -0.2) is 28.3 Å². The van der Waals surface area contributed by atoms with Gasteiger partial charge in [-0.05, 0) is 36.7 Å². The number of anilines is 1. The van der Waals surface area contributed by atoms with Crippen molar-refractivity contribution in [1.82, 2.24) is 9.78 Å². The van der Waals surface area contributed by atoms with Gasteiger partial charge in [0.15, 0.2) is 5.69 Å². The van der Waals surface area contributed by atoms with Gasteiger partial charge in [0.05, 0.1) is 0 Å². The standard InChI is InChI=1S/C13H15N5O2/c14-6-4-9-2-1-3-10(8-9)16-12(19)11-5-7-18(17-11)13(15)20/h1-3,5,7-8H,4,6,14H2,(H2,15,20)(H,16,19). The van der Waals surface area contributed by atoms with Crippen molar-refractivity contribution >= 4 is 17.6 Å². The molecule has 2 aromatic rings. The average molecular weight is 273 g/mol. The van der Waals surface area contributed by atoms with E-state index in [1.807, 2.05) is 18.2 Å². The van der Waals surface area contributed by atoms with E-state index in [9.17, 15) is 9.59 Å². The zero-order chi connectivity index (χ0) is 14.5. The van der Waals surface area contributed by atoms with Gasteiger partial charge in [-0.25, -0.2) is 4.79 Å². The normalized spacial score (nSPS) is 10.2. The summed E-state index contributed by atoms with van der Waals surface area (Å²) in [4.78, 5) is 22.8. The summed E-state index contributed by atoms with van der Waals surface area (Å²) in [7, 11) is 0. The predicted octanol–water partition coefficient (Wildman–Crippen LogP) is 0.563. The number of nitrogens with two attached hydrogens (primary N) is 2. The summed E-state index contributed by atoms with van der Waals surface area (Å²) in [6.07, 6.45) is 2.07. The largest absolute Gasteiger partial charge is 0.350 e. The summed E-state index contributed by atoms with van der Waals surface area (Å²) in [6, 6.07) is 8.06. The lowest BCUT2D eigenvalue weighted by molar-refractivity contribution is 0.102. The number of rotatable bonds is 4. The Morgan fingerprint density at radius 1 is 1.30 bits per heavy atom. The smallest absolute Gasteiger partial charge is 0.339 e. The molecular weight excluding hydrogens is 258 g/mol. The van der Waals surface area contributed by atoms with Gasteiger partial charge in [-0.15, -0.1) is 0 Å². The SMILES string of the molecule is NCCc1cccc(NC(=O)c2ccn(C(N)=O)n2)c1. The fourth-order valence-corrected chi connectivity index (χ4v) is 1.73. The lowest BCUT2D eigenvalue weighted by Crippen LogP contribution is -2.21. The van der Waals surface area contributed by atoms with Crippen molar-refractivity contribution in [3.63, 3.8) is 0 Å². The number of nitrogens with one attached hydrogen (secondary N) is 1. The zero-order valence-corrected chi connectivity index (χ0v) is 10.7. The first-order valence-corrected chi connectivity index (χ1v) is 6.06. The molecule has 0 fully saturated rings. The Hall–Kier alpha value is -2.67. The molecule has 0 radical (unpaired) electrons. The van der Waals surface area contributed by atoms with Crippen molar-refractivity contribution < 1.29 is 9.59 Å². The van der Waals surface area contributed by atoms with E-state index in [-0.39, 0.29) is 5.69 Å². The molecule has 0 unspecified atom stereocenters. The minimum atomic E-state index is -0.742. The fourth-order valence-electron chi connectivity index (χ4n) is 1.73. The van der Waals surface area contributed by atoms with Crippen LogP contribution >= 0.6 is 0 Å². The number of hydrogen-bond donors (Lipinski definition) is 3. The second-order valence-electron chi connectivity index (χ2n) is 4.18. The van der Waals surface area contributed by atoms with Crippen molar-refractivity contribution in [1.29, 1.82) is 0 Å². The summed E-state index contributed by atoms with van der Waals surface area (Å²) in [6.45, 7) is 0.542. The molecule has 0 aliphatic heterocycles. The highest BCUT2D eigenvalue weighted by Crippen LogP contribution is 2.12. The van der Waals surface area contributed by atoms with E-state index < -0.39 is 11.9 Å². The topological polar surface area (TPSA) is 116 Å². The van der Waals surface area contributed by atoms with Crippen LogP contribution in [0.1, 0.15) is 16.1 Å². The summed E-state index contributed by atoms with van der Waals surface area (Å²) < 4.78 is 0.903. The molecule has 1 aromatic carbocycles. The van der Waals surface area contributed by atoms with Gasteiger partial charge in [-0.2, -0.15) is 9.78 Å². The number of hydrogen-bond acceptors (Lipinski definition) is 4. The van der Waals surface area contributed by atoms with Crippen LogP contribution in [-0.2, 0) is 6.42 Å². The molecule has 20 heavy (non-hydrogen) atoms. The molecule has 0 aliphatic rings. The van der Waals surface area contributed by atoms with E-state index >= 15 is 0 Å². The number of aromatic nitrogens is 2. The number of amides is 2. The van der Waals surface area contributed by atoms with Crippen molar-refractivity contribution in [2.24, 2.45) is 11.5 Å². The molecule has 104 valence electrons. The second kappa shape index (κ2) is 5.98. The Balaban J connectivity index is 2.10. The Morgan fingerprint density at radius 3 is 2.75 bits per heavy atom. The van der Waals surface area contributed by atoms with Gasteiger partial charge in [0.1, 0.15) is 0 Å². The summed E-state index contributed by atoms with van der Waals surface area (Å²) in [5.41, 5.74) is 12.3. The van der Waals surface area contributed by atoms with Gasteiger partial charge >= 0.3 is 6.03 Å². The molecule has 2 amide bonds. The average Bonchev–Trinajstić information content (AvgIpc) is 2.89. The van der Waals surface area contributed by atoms with Crippen molar-refractivity contribution in [2.75, 3.05) is 11.9 Å². The van der Waals surface area contributed by atoms with Gasteiger partial charge < -0.3 is 16.8 Å². The minimum Gasteiger partial charge on any atom is -0.350 e. The number of nitrogens with zero attached hydrogens (tertiary/aromatic N) is 2. The Bertz CT molecular complexity index is 635. The zero-order valence-electron chi connectivity index (χ0n) is 10.7. The van der Waals surface area contributed by atoms with Crippen molar-refractivity contribution in [3.8, 4) is 0 Å². The number of benzene rings is 1. The van der Waals surface area contributed by atoms with Crippen LogP contribution in [0.15, 0.2) is 36.5 Å². The molecule has 7 heteroatoms. The van der Waals surface area contributed by atoms with Gasteiger partial charge in [-0.1, -0.05) is 12.1 Å². The molecule has 0 saturated heterocycles. The van der Waals surface area contributed by atoms with E-state index in [1.165, 1.54) is 12.3 Å². The second-order valence-corrected chi connectivity index (χ2v) is 4.18. The van der Waals surface area contributed by atoms with Crippen LogP contribution in [0.25, 0.3) is 0 Å². The predicted molar refractivity (Wildman–Crippen MR) is 74.4 cm³/mol. The highest BCUT2D eigenvalue weighted by Gasteiger charge is 2.11. The Morgan fingerprint density at radius 2 is 2.10 bits per heavy atom. The van der Waals surface area contributed by atoms with E-state index in [0.29, 0.717) is 12.2 Å². The maximum atomic E-state index is 12.0. The first-order valence-electron chi connectivity index (χ1n) is 6.06. The van der Waals surface area contributed by atoms with Crippen LogP contribution in [0.2, 0.25) is 0 Å². The molecule has 0 aliphatic carbocycles. The molecule has 0 spiro atoms. The molecule has 2 rings (SSSR count). The molecular formula is C13H15N5O2. The number of primary amides is 1. The van der Waals surface area contributed by atoms with E-state index in [0.717, 1.165) is 16.7 Å². The van der Waals surface area contributed by atoms with Crippen LogP contribution in [0.4, 0.5) is 10.5 Å². The van der Waals surface area contributed by atoms with Gasteiger partial charge in [-0.3, -0.25) is 4.79 Å². The minimum absolute atomic E-state index is 0.119. The maximum absolute atomic E-state index is 12.0. The third kappa shape index (κ3) is 3.21. The first kappa shape index (κ1) is 13.8. The van der Waals surface area contributed by atoms with E-state index in [4.69, 9.17) is 11.5 Å². The summed E-state index contributed by atoms with van der Waals surface area (Å²) in [5, 5.41) is 6.48. The van der Waals surface area contributed by atoms with Gasteiger partial charge in [0, 0.05) is 11.9 Å². The molecule has 1 aromatic heterocycles. The number of carbonyl (C=O) groups excluding carboxylic acids is 2. The van der Waals surface area contributed by atoms with Gasteiger partial charge in [0.2, 0.25) is 0 Å². The van der Waals surface area contributed by atoms with E-state index in [1.54, 1.807) is 6.07 Å². The van der Waals surface area contributed by atoms with E-state index in [2.05, 4.69) is 10.4 Å². The lowest BCUT2D eigenvalue weighted by Gasteiger charge is -2.05. The molecule has 0 bridgehead atoms. The van der Waals surface area contributed by atoms with Gasteiger partial charge in [0.25, 0.3) is 5.91 Å². The molecule has 0 atom stereocenters. The molecule has 5 N–H and O–H groups in total. The molecule has 0 saturated carbocycles.